The van der Waals surface area contributed by atoms with Gasteiger partial charge in [0.25, 0.3) is 5.91 Å². The molecule has 2 fully saturated rings. The summed E-state index contributed by atoms with van der Waals surface area (Å²) in [6, 6.07) is 5.37. The highest BCUT2D eigenvalue weighted by molar-refractivity contribution is 5.97. The Morgan fingerprint density at radius 3 is 2.11 bits per heavy atom. The molecule has 156 valence electrons. The van der Waals surface area contributed by atoms with Crippen LogP contribution in [0.5, 0.6) is 5.75 Å². The quantitative estimate of drug-likeness (QED) is 0.704. The van der Waals surface area contributed by atoms with Crippen molar-refractivity contribution in [1.29, 1.82) is 0 Å². The van der Waals surface area contributed by atoms with E-state index in [2.05, 4.69) is 28.5 Å². The summed E-state index contributed by atoms with van der Waals surface area (Å²) in [6.07, 6.45) is 0. The summed E-state index contributed by atoms with van der Waals surface area (Å²) in [7, 11) is 0. The molecule has 0 aliphatic carbocycles. The highest BCUT2D eigenvalue weighted by atomic mass is 16.5. The van der Waals surface area contributed by atoms with Crippen molar-refractivity contribution >= 4 is 11.6 Å². The van der Waals surface area contributed by atoms with Gasteiger partial charge in [0.1, 0.15) is 12.4 Å². The zero-order chi connectivity index (χ0) is 19.9. The molecule has 1 amide bonds. The number of ether oxygens (including phenoxy) is 1. The second-order valence-electron chi connectivity index (χ2n) is 7.61. The molecule has 0 bridgehead atoms. The average Bonchev–Trinajstić information content (AvgIpc) is 2.74. The second-order valence-corrected chi connectivity index (χ2v) is 7.61. The first-order valence-corrected chi connectivity index (χ1v) is 10.6. The Kier molecular flexibility index (Phi) is 7.53. The van der Waals surface area contributed by atoms with Gasteiger partial charge in [0, 0.05) is 70.7 Å². The van der Waals surface area contributed by atoms with Gasteiger partial charge in [0.05, 0.1) is 5.56 Å². The van der Waals surface area contributed by atoms with Gasteiger partial charge in [-0.1, -0.05) is 13.8 Å². The summed E-state index contributed by atoms with van der Waals surface area (Å²) >= 11 is 0. The smallest absolute Gasteiger partial charge is 0.257 e. The van der Waals surface area contributed by atoms with Gasteiger partial charge < -0.3 is 25.2 Å². The monoisotopic (exact) mass is 389 g/mol. The number of benzene rings is 1. The van der Waals surface area contributed by atoms with Crippen molar-refractivity contribution in [2.75, 3.05) is 84.3 Å². The van der Waals surface area contributed by atoms with E-state index in [0.717, 1.165) is 72.0 Å². The number of nitrogens with two attached hydrogens (primary N) is 1. The minimum absolute atomic E-state index is 0.0438. The Hall–Kier alpha value is -1.83. The molecule has 1 aromatic carbocycles. The van der Waals surface area contributed by atoms with Crippen molar-refractivity contribution in [1.82, 2.24) is 19.6 Å². The number of nitrogens with zero attached hydrogens (tertiary/aromatic N) is 4. The van der Waals surface area contributed by atoms with Gasteiger partial charge in [-0.05, 0) is 25.2 Å². The van der Waals surface area contributed by atoms with Gasteiger partial charge in [-0.15, -0.1) is 0 Å². The van der Waals surface area contributed by atoms with Gasteiger partial charge >= 0.3 is 0 Å². The summed E-state index contributed by atoms with van der Waals surface area (Å²) in [6.45, 7) is 15.7. The maximum Gasteiger partial charge on any atom is 0.257 e. The Bertz CT molecular complexity index is 638. The Labute approximate surface area is 169 Å². The first kappa shape index (κ1) is 20.9. The number of hydrogen-bond acceptors (Lipinski definition) is 6. The molecular weight excluding hydrogens is 354 g/mol. The van der Waals surface area contributed by atoms with Crippen LogP contribution in [0.4, 0.5) is 5.69 Å². The molecule has 7 heteroatoms. The van der Waals surface area contributed by atoms with Crippen LogP contribution in [0.1, 0.15) is 24.2 Å². The number of carbonyl (C=O) groups excluding carboxylic acids is 1. The number of amides is 1. The Morgan fingerprint density at radius 1 is 0.929 bits per heavy atom. The first-order valence-electron chi connectivity index (χ1n) is 10.6. The topological polar surface area (TPSA) is 65.3 Å². The highest BCUT2D eigenvalue weighted by Gasteiger charge is 2.24. The van der Waals surface area contributed by atoms with Gasteiger partial charge in [0.15, 0.2) is 0 Å². The summed E-state index contributed by atoms with van der Waals surface area (Å²) in [5.74, 6) is 0.650. The van der Waals surface area contributed by atoms with Crippen molar-refractivity contribution in [3.8, 4) is 5.75 Å². The molecule has 1 aromatic rings. The van der Waals surface area contributed by atoms with E-state index in [-0.39, 0.29) is 5.91 Å². The second kappa shape index (κ2) is 10.1. The molecule has 0 aromatic heterocycles. The van der Waals surface area contributed by atoms with Crippen LogP contribution in [0.15, 0.2) is 18.2 Å². The fourth-order valence-electron chi connectivity index (χ4n) is 3.89. The van der Waals surface area contributed by atoms with Gasteiger partial charge in [-0.3, -0.25) is 9.69 Å². The van der Waals surface area contributed by atoms with Crippen LogP contribution in [-0.2, 0) is 0 Å². The minimum Gasteiger partial charge on any atom is -0.491 e. The molecule has 2 N–H and O–H groups in total. The number of likely N-dealkylation sites (N-methyl/N-ethyl adjacent to an activating group) is 2. The van der Waals surface area contributed by atoms with E-state index in [1.165, 1.54) is 0 Å². The molecule has 7 nitrogen and oxygen atoms in total. The van der Waals surface area contributed by atoms with Crippen molar-refractivity contribution in [3.63, 3.8) is 0 Å². The highest BCUT2D eigenvalue weighted by Crippen LogP contribution is 2.24. The lowest BCUT2D eigenvalue weighted by molar-refractivity contribution is 0.0638. The number of piperazine rings is 2. The van der Waals surface area contributed by atoms with Crippen molar-refractivity contribution in [3.05, 3.63) is 23.8 Å². The van der Waals surface area contributed by atoms with E-state index >= 15 is 0 Å². The van der Waals surface area contributed by atoms with Crippen molar-refractivity contribution < 1.29 is 9.53 Å². The summed E-state index contributed by atoms with van der Waals surface area (Å²) in [4.78, 5) is 22.2. The third-order valence-electron chi connectivity index (χ3n) is 5.92. The summed E-state index contributed by atoms with van der Waals surface area (Å²) < 4.78 is 6.03. The predicted molar refractivity (Wildman–Crippen MR) is 113 cm³/mol. The Morgan fingerprint density at radius 2 is 1.50 bits per heavy atom. The molecule has 0 unspecified atom stereocenters. The van der Waals surface area contributed by atoms with Gasteiger partial charge in [-0.2, -0.15) is 0 Å². The number of rotatable bonds is 7. The molecular formula is C21H35N5O2. The maximum absolute atomic E-state index is 13.0. The maximum atomic E-state index is 13.0. The van der Waals surface area contributed by atoms with Crippen LogP contribution >= 0.6 is 0 Å². The third-order valence-corrected chi connectivity index (χ3v) is 5.92. The zero-order valence-electron chi connectivity index (χ0n) is 17.4. The predicted octanol–water partition coefficient (Wildman–Crippen LogP) is 1.06. The van der Waals surface area contributed by atoms with Crippen molar-refractivity contribution in [2.45, 2.75) is 13.8 Å². The zero-order valence-corrected chi connectivity index (χ0v) is 17.4. The van der Waals surface area contributed by atoms with E-state index in [9.17, 15) is 4.79 Å². The van der Waals surface area contributed by atoms with Gasteiger partial charge in [-0.25, -0.2) is 0 Å². The number of nitrogen functional groups attached to an aromatic ring is 1. The van der Waals surface area contributed by atoms with E-state index in [0.29, 0.717) is 23.6 Å². The lowest BCUT2D eigenvalue weighted by atomic mass is 10.1. The normalized spacial score (nSPS) is 19.7. The molecule has 3 rings (SSSR count). The molecule has 0 atom stereocenters. The minimum atomic E-state index is 0.0438. The van der Waals surface area contributed by atoms with Gasteiger partial charge in [0.2, 0.25) is 0 Å². The number of hydrogen-bond donors (Lipinski definition) is 1. The summed E-state index contributed by atoms with van der Waals surface area (Å²) in [5, 5.41) is 0. The molecule has 2 aliphatic rings. The largest absolute Gasteiger partial charge is 0.491 e. The van der Waals surface area contributed by atoms with E-state index in [4.69, 9.17) is 10.5 Å². The van der Waals surface area contributed by atoms with Crippen molar-refractivity contribution in [2.24, 2.45) is 0 Å². The first-order chi connectivity index (χ1) is 13.6. The van der Waals surface area contributed by atoms with Crippen LogP contribution in [-0.4, -0.2) is 104 Å². The van der Waals surface area contributed by atoms with E-state index < -0.39 is 0 Å². The molecule has 2 aliphatic heterocycles. The lowest BCUT2D eigenvalue weighted by Gasteiger charge is -2.34. The SMILES string of the molecule is CCN1CCN(CCOc2cc(N)ccc2C(=O)N2CCN(CC)CC2)CC1. The Balaban J connectivity index is 1.56. The standard InChI is InChI=1S/C21H35N5O2/c1-3-23-7-9-25(10-8-23)15-16-28-20-17-18(22)5-6-19(20)21(27)26-13-11-24(4-2)12-14-26/h5-6,17H,3-4,7-16,22H2,1-2H3. The fourth-order valence-corrected chi connectivity index (χ4v) is 3.89. The summed E-state index contributed by atoms with van der Waals surface area (Å²) in [5.41, 5.74) is 7.20. The average molecular weight is 390 g/mol. The molecule has 0 radical (unpaired) electrons. The number of anilines is 1. The molecule has 28 heavy (non-hydrogen) atoms. The van der Waals surface area contributed by atoms with Crippen LogP contribution in [0.2, 0.25) is 0 Å². The molecule has 0 spiro atoms. The molecule has 2 heterocycles. The fraction of sp³-hybridized carbons (Fsp3) is 0.667. The molecule has 0 saturated carbocycles. The van der Waals surface area contributed by atoms with E-state index in [1.807, 2.05) is 4.90 Å². The van der Waals surface area contributed by atoms with Crippen LogP contribution in [0, 0.1) is 0 Å². The molecule has 2 saturated heterocycles. The number of carbonyl (C=O) groups is 1. The third kappa shape index (κ3) is 5.37. The lowest BCUT2D eigenvalue weighted by Crippen LogP contribution is -2.48. The van der Waals surface area contributed by atoms with Crippen LogP contribution < -0.4 is 10.5 Å². The van der Waals surface area contributed by atoms with Crippen LogP contribution in [0.25, 0.3) is 0 Å². The van der Waals surface area contributed by atoms with Crippen LogP contribution in [0.3, 0.4) is 0 Å². The van der Waals surface area contributed by atoms with E-state index in [1.54, 1.807) is 18.2 Å².